The number of carbonyl (C=O) groups excluding carboxylic acids is 1. The van der Waals surface area contributed by atoms with Gasteiger partial charge in [-0.25, -0.2) is 0 Å². The van der Waals surface area contributed by atoms with Crippen molar-refractivity contribution in [3.05, 3.63) is 45.9 Å². The van der Waals surface area contributed by atoms with Gasteiger partial charge >= 0.3 is 0 Å². The summed E-state index contributed by atoms with van der Waals surface area (Å²) in [6.07, 6.45) is 3.70. The molecule has 1 amide bonds. The zero-order chi connectivity index (χ0) is 14.7. The second-order valence-electron chi connectivity index (χ2n) is 5.20. The van der Waals surface area contributed by atoms with Crippen molar-refractivity contribution in [1.82, 2.24) is 9.88 Å². The van der Waals surface area contributed by atoms with E-state index in [-0.39, 0.29) is 5.91 Å². The number of pyridine rings is 1. The van der Waals surface area contributed by atoms with Crippen molar-refractivity contribution in [2.75, 3.05) is 18.4 Å². The van der Waals surface area contributed by atoms with Crippen LogP contribution >= 0.6 is 11.3 Å². The van der Waals surface area contributed by atoms with Crippen molar-refractivity contribution in [1.29, 1.82) is 0 Å². The van der Waals surface area contributed by atoms with Gasteiger partial charge in [-0.2, -0.15) is 0 Å². The van der Waals surface area contributed by atoms with E-state index in [0.29, 0.717) is 12.2 Å². The molecule has 3 heterocycles. The number of thiophene rings is 1. The van der Waals surface area contributed by atoms with Crippen LogP contribution in [0, 0.1) is 0 Å². The molecule has 0 fully saturated rings. The topological polar surface area (TPSA) is 45.2 Å². The molecule has 0 aromatic carbocycles. The van der Waals surface area contributed by atoms with Gasteiger partial charge in [0.1, 0.15) is 5.69 Å². The smallest absolute Gasteiger partial charge is 0.272 e. The second-order valence-corrected chi connectivity index (χ2v) is 6.20. The van der Waals surface area contributed by atoms with Gasteiger partial charge in [-0.05, 0) is 42.0 Å². The van der Waals surface area contributed by atoms with Crippen LogP contribution in [-0.2, 0) is 13.0 Å². The van der Waals surface area contributed by atoms with Crippen LogP contribution in [0.1, 0.15) is 34.3 Å². The van der Waals surface area contributed by atoms with Crippen molar-refractivity contribution in [3.63, 3.8) is 0 Å². The summed E-state index contributed by atoms with van der Waals surface area (Å²) in [6.45, 7) is 4.50. The molecule has 4 nitrogen and oxygen atoms in total. The Morgan fingerprint density at radius 2 is 2.38 bits per heavy atom. The maximum atomic E-state index is 12.6. The lowest BCUT2D eigenvalue weighted by atomic mass is 10.1. The molecule has 1 aliphatic heterocycles. The summed E-state index contributed by atoms with van der Waals surface area (Å²) in [4.78, 5) is 20.1. The van der Waals surface area contributed by atoms with E-state index in [1.165, 1.54) is 10.4 Å². The Morgan fingerprint density at radius 3 is 3.24 bits per heavy atom. The fourth-order valence-corrected chi connectivity index (χ4v) is 3.40. The van der Waals surface area contributed by atoms with Gasteiger partial charge in [0, 0.05) is 36.4 Å². The predicted octanol–water partition coefficient (Wildman–Crippen LogP) is 3.16. The van der Waals surface area contributed by atoms with E-state index in [4.69, 9.17) is 0 Å². The third-order valence-corrected chi connectivity index (χ3v) is 4.68. The molecule has 0 atom stereocenters. The Balaban J connectivity index is 1.73. The second kappa shape index (κ2) is 6.26. The molecule has 110 valence electrons. The van der Waals surface area contributed by atoms with Crippen molar-refractivity contribution < 1.29 is 4.79 Å². The van der Waals surface area contributed by atoms with Crippen LogP contribution in [0.3, 0.4) is 0 Å². The zero-order valence-electron chi connectivity index (χ0n) is 12.1. The minimum Gasteiger partial charge on any atom is -0.385 e. The summed E-state index contributed by atoms with van der Waals surface area (Å²) in [5.74, 6) is 0.0204. The Morgan fingerprint density at radius 1 is 1.48 bits per heavy atom. The first-order valence-corrected chi connectivity index (χ1v) is 8.20. The number of aromatic nitrogens is 1. The molecule has 1 aliphatic rings. The third-order valence-electron chi connectivity index (χ3n) is 3.65. The number of anilines is 1. The first-order valence-electron chi connectivity index (χ1n) is 7.32. The summed E-state index contributed by atoms with van der Waals surface area (Å²) in [7, 11) is 0. The predicted molar refractivity (Wildman–Crippen MR) is 85.8 cm³/mol. The molecule has 21 heavy (non-hydrogen) atoms. The quantitative estimate of drug-likeness (QED) is 0.943. The number of carbonyl (C=O) groups is 1. The molecule has 0 saturated carbocycles. The highest BCUT2D eigenvalue weighted by Crippen LogP contribution is 2.25. The van der Waals surface area contributed by atoms with Gasteiger partial charge in [-0.1, -0.05) is 6.92 Å². The van der Waals surface area contributed by atoms with Gasteiger partial charge in [0.05, 0.1) is 0 Å². The Hall–Kier alpha value is -1.88. The van der Waals surface area contributed by atoms with Gasteiger partial charge in [0.25, 0.3) is 5.91 Å². The normalized spacial score (nSPS) is 13.9. The van der Waals surface area contributed by atoms with Crippen LogP contribution in [0.5, 0.6) is 0 Å². The van der Waals surface area contributed by atoms with Crippen LogP contribution in [0.25, 0.3) is 0 Å². The molecule has 1 N–H and O–H groups in total. The Kier molecular flexibility index (Phi) is 4.20. The first-order chi connectivity index (χ1) is 10.3. The highest BCUT2D eigenvalue weighted by Gasteiger charge is 2.23. The van der Waals surface area contributed by atoms with Crippen molar-refractivity contribution in [2.24, 2.45) is 0 Å². The van der Waals surface area contributed by atoms with E-state index in [1.807, 2.05) is 17.0 Å². The van der Waals surface area contributed by atoms with E-state index in [1.54, 1.807) is 17.5 Å². The maximum Gasteiger partial charge on any atom is 0.272 e. The molecule has 2 aromatic heterocycles. The largest absolute Gasteiger partial charge is 0.385 e. The number of fused-ring (bicyclic) bond motifs is 1. The summed E-state index contributed by atoms with van der Waals surface area (Å²) < 4.78 is 0. The lowest BCUT2D eigenvalue weighted by Gasteiger charge is -2.26. The number of hydrogen-bond acceptors (Lipinski definition) is 4. The van der Waals surface area contributed by atoms with Crippen molar-refractivity contribution in [3.8, 4) is 0 Å². The van der Waals surface area contributed by atoms with Gasteiger partial charge in [0.2, 0.25) is 0 Å². The van der Waals surface area contributed by atoms with Crippen LogP contribution in [0.4, 0.5) is 5.69 Å². The van der Waals surface area contributed by atoms with E-state index in [2.05, 4.69) is 28.7 Å². The SMILES string of the molecule is CCCNc1ccnc(C(=O)N2CCc3sccc3C2)c1. The highest BCUT2D eigenvalue weighted by atomic mass is 32.1. The standard InChI is InChI=1S/C16H19N3OS/c1-2-6-17-13-3-7-18-14(10-13)16(20)19-8-4-15-12(11-19)5-9-21-15/h3,5,7,9-10H,2,4,6,8,11H2,1H3,(H,17,18). The highest BCUT2D eigenvalue weighted by molar-refractivity contribution is 7.10. The molecule has 0 spiro atoms. The maximum absolute atomic E-state index is 12.6. The van der Waals surface area contributed by atoms with Crippen molar-refractivity contribution >= 4 is 22.9 Å². The zero-order valence-corrected chi connectivity index (χ0v) is 12.9. The van der Waals surface area contributed by atoms with Gasteiger partial charge in [-0.15, -0.1) is 11.3 Å². The lowest BCUT2D eigenvalue weighted by molar-refractivity contribution is 0.0730. The van der Waals surface area contributed by atoms with Crippen LogP contribution in [0.2, 0.25) is 0 Å². The molecule has 0 radical (unpaired) electrons. The third kappa shape index (κ3) is 3.08. The number of nitrogens with one attached hydrogen (secondary N) is 1. The summed E-state index contributed by atoms with van der Waals surface area (Å²) in [6, 6.07) is 5.87. The van der Waals surface area contributed by atoms with E-state index in [0.717, 1.165) is 31.6 Å². The average molecular weight is 301 g/mol. The van der Waals surface area contributed by atoms with Gasteiger partial charge in [-0.3, -0.25) is 9.78 Å². The van der Waals surface area contributed by atoms with Crippen LogP contribution < -0.4 is 5.32 Å². The van der Waals surface area contributed by atoms with Gasteiger partial charge in [0.15, 0.2) is 0 Å². The molecule has 3 rings (SSSR count). The molecular weight excluding hydrogens is 282 g/mol. The minimum atomic E-state index is 0.0204. The van der Waals surface area contributed by atoms with E-state index >= 15 is 0 Å². The number of nitrogens with zero attached hydrogens (tertiary/aromatic N) is 2. The minimum absolute atomic E-state index is 0.0204. The average Bonchev–Trinajstić information content (AvgIpc) is 3.00. The molecule has 0 unspecified atom stereocenters. The monoisotopic (exact) mass is 301 g/mol. The first kappa shape index (κ1) is 14.1. The molecule has 0 aliphatic carbocycles. The lowest BCUT2D eigenvalue weighted by Crippen LogP contribution is -2.35. The molecule has 0 bridgehead atoms. The molecule has 5 heteroatoms. The fraction of sp³-hybridized carbons (Fsp3) is 0.375. The van der Waals surface area contributed by atoms with E-state index in [9.17, 15) is 4.79 Å². The summed E-state index contributed by atoms with van der Waals surface area (Å²) >= 11 is 1.78. The van der Waals surface area contributed by atoms with Crippen LogP contribution in [0.15, 0.2) is 29.8 Å². The molecular formula is C16H19N3OS. The molecule has 2 aromatic rings. The van der Waals surface area contributed by atoms with E-state index < -0.39 is 0 Å². The van der Waals surface area contributed by atoms with Crippen molar-refractivity contribution in [2.45, 2.75) is 26.3 Å². The van der Waals surface area contributed by atoms with Crippen LogP contribution in [-0.4, -0.2) is 28.9 Å². The molecule has 0 saturated heterocycles. The summed E-state index contributed by atoms with van der Waals surface area (Å²) in [5, 5.41) is 5.40. The fourth-order valence-electron chi connectivity index (χ4n) is 2.51. The number of hydrogen-bond donors (Lipinski definition) is 1. The number of amides is 1. The van der Waals surface area contributed by atoms with Gasteiger partial charge < -0.3 is 10.2 Å². The number of rotatable bonds is 4. The summed E-state index contributed by atoms with van der Waals surface area (Å²) in [5.41, 5.74) is 2.76. The Bertz CT molecular complexity index is 638. The Labute approximate surface area is 128 Å².